The van der Waals surface area contributed by atoms with Crippen LogP contribution in [0.4, 0.5) is 0 Å². The molecule has 0 radical (unpaired) electrons. The van der Waals surface area contributed by atoms with Crippen LogP contribution in [0.25, 0.3) is 16.3 Å². The lowest BCUT2D eigenvalue weighted by Gasteiger charge is -2.26. The fourth-order valence-corrected chi connectivity index (χ4v) is 4.40. The maximum absolute atomic E-state index is 13.0. The van der Waals surface area contributed by atoms with Crippen molar-refractivity contribution in [2.24, 2.45) is 0 Å². The summed E-state index contributed by atoms with van der Waals surface area (Å²) in [6, 6.07) is 13.9. The molecule has 0 spiro atoms. The maximum atomic E-state index is 13.0. The van der Waals surface area contributed by atoms with Crippen LogP contribution in [0, 0.1) is 0 Å². The number of carbonyl (C=O) groups excluding carboxylic acids is 1. The predicted molar refractivity (Wildman–Crippen MR) is 100 cm³/mol. The van der Waals surface area contributed by atoms with Crippen LogP contribution in [0.15, 0.2) is 54.0 Å². The normalized spacial score (nSPS) is 14.8. The van der Waals surface area contributed by atoms with Gasteiger partial charge in [-0.3, -0.25) is 4.79 Å². The third-order valence-corrected chi connectivity index (χ3v) is 5.84. The highest BCUT2D eigenvalue weighted by atomic mass is 32.2. The number of rotatable bonds is 3. The first-order chi connectivity index (χ1) is 11.8. The highest BCUT2D eigenvalue weighted by molar-refractivity contribution is 7.99. The number of benzene rings is 1. The van der Waals surface area contributed by atoms with Crippen molar-refractivity contribution in [2.45, 2.75) is 0 Å². The molecule has 1 aliphatic heterocycles. The van der Waals surface area contributed by atoms with Gasteiger partial charge in [-0.05, 0) is 23.6 Å². The van der Waals surface area contributed by atoms with Gasteiger partial charge in [0, 0.05) is 30.8 Å². The number of carbonyl (C=O) groups is 1. The van der Waals surface area contributed by atoms with Crippen LogP contribution in [0.5, 0.6) is 0 Å². The molecule has 6 heteroatoms. The molecule has 122 valence electrons. The summed E-state index contributed by atoms with van der Waals surface area (Å²) in [5.41, 5.74) is 2.42. The number of amides is 1. The second-order valence-corrected chi connectivity index (χ2v) is 7.73. The van der Waals surface area contributed by atoms with Gasteiger partial charge in [-0.15, -0.1) is 11.3 Å². The topological polar surface area (TPSA) is 38.1 Å². The van der Waals surface area contributed by atoms with Gasteiger partial charge in [0.25, 0.3) is 5.91 Å². The van der Waals surface area contributed by atoms with Crippen LogP contribution in [-0.2, 0) is 0 Å². The first kappa shape index (κ1) is 15.5. The molecule has 24 heavy (non-hydrogen) atoms. The minimum Gasteiger partial charge on any atom is -0.337 e. The Hall–Kier alpha value is -2.05. The molecule has 3 heterocycles. The van der Waals surface area contributed by atoms with Gasteiger partial charge in [-0.25, -0.2) is 4.68 Å². The lowest BCUT2D eigenvalue weighted by atomic mass is 10.2. The average molecular weight is 355 g/mol. The van der Waals surface area contributed by atoms with Crippen LogP contribution in [-0.4, -0.2) is 45.2 Å². The third-order valence-electron chi connectivity index (χ3n) is 4.02. The van der Waals surface area contributed by atoms with Crippen LogP contribution in [0.3, 0.4) is 0 Å². The number of thioether (sulfide) groups is 1. The Morgan fingerprint density at radius 3 is 2.54 bits per heavy atom. The zero-order valence-corrected chi connectivity index (χ0v) is 14.7. The standard InChI is InChI=1S/C18H17N3OS2/c22-18(20-8-11-23-12-9-20)15-13-21(14-5-2-1-3-6-14)19-17(15)16-7-4-10-24-16/h1-7,10,13H,8-9,11-12H2. The minimum atomic E-state index is 0.0841. The van der Waals surface area contributed by atoms with E-state index >= 15 is 0 Å². The second kappa shape index (κ2) is 6.83. The van der Waals surface area contributed by atoms with Crippen molar-refractivity contribution in [3.05, 3.63) is 59.6 Å². The van der Waals surface area contributed by atoms with Crippen molar-refractivity contribution in [3.63, 3.8) is 0 Å². The summed E-state index contributed by atoms with van der Waals surface area (Å²) < 4.78 is 1.81. The van der Waals surface area contributed by atoms with Gasteiger partial charge in [-0.2, -0.15) is 16.9 Å². The van der Waals surface area contributed by atoms with Gasteiger partial charge in [0.1, 0.15) is 5.69 Å². The van der Waals surface area contributed by atoms with Crippen molar-refractivity contribution in [2.75, 3.05) is 24.6 Å². The third kappa shape index (κ3) is 2.99. The van der Waals surface area contributed by atoms with Crippen LogP contribution in [0.2, 0.25) is 0 Å². The van der Waals surface area contributed by atoms with E-state index in [2.05, 4.69) is 0 Å². The van der Waals surface area contributed by atoms with E-state index in [1.54, 1.807) is 16.0 Å². The number of aromatic nitrogens is 2. The Balaban J connectivity index is 1.76. The van der Waals surface area contributed by atoms with E-state index in [4.69, 9.17) is 5.10 Å². The van der Waals surface area contributed by atoms with E-state index in [0.717, 1.165) is 40.9 Å². The molecule has 0 saturated carbocycles. The van der Waals surface area contributed by atoms with E-state index in [0.29, 0.717) is 5.56 Å². The van der Waals surface area contributed by atoms with E-state index in [1.165, 1.54) is 0 Å². The fourth-order valence-electron chi connectivity index (χ4n) is 2.78. The summed E-state index contributed by atoms with van der Waals surface area (Å²) >= 11 is 3.51. The molecule has 4 rings (SSSR count). The first-order valence-corrected chi connectivity index (χ1v) is 9.92. The van der Waals surface area contributed by atoms with Crippen molar-refractivity contribution in [3.8, 4) is 16.3 Å². The lowest BCUT2D eigenvalue weighted by Crippen LogP contribution is -2.37. The number of hydrogen-bond donors (Lipinski definition) is 0. The minimum absolute atomic E-state index is 0.0841. The number of para-hydroxylation sites is 1. The highest BCUT2D eigenvalue weighted by Gasteiger charge is 2.25. The lowest BCUT2D eigenvalue weighted by molar-refractivity contribution is 0.0773. The molecule has 1 saturated heterocycles. The molecule has 0 N–H and O–H groups in total. The number of thiophene rings is 1. The molecule has 3 aromatic rings. The largest absolute Gasteiger partial charge is 0.337 e. The van der Waals surface area contributed by atoms with Gasteiger partial charge in [0.05, 0.1) is 16.1 Å². The molecule has 1 aromatic carbocycles. The SMILES string of the molecule is O=C(c1cn(-c2ccccc2)nc1-c1cccs1)N1CCSCC1. The summed E-state index contributed by atoms with van der Waals surface area (Å²) in [7, 11) is 0. The van der Waals surface area contributed by atoms with E-state index in [9.17, 15) is 4.79 Å². The average Bonchev–Trinajstić information content (AvgIpc) is 3.32. The summed E-state index contributed by atoms with van der Waals surface area (Å²) in [4.78, 5) is 16.0. The Labute approximate surface area is 149 Å². The zero-order chi connectivity index (χ0) is 16.4. The van der Waals surface area contributed by atoms with E-state index in [-0.39, 0.29) is 5.91 Å². The van der Waals surface area contributed by atoms with E-state index in [1.807, 2.05) is 70.7 Å². The zero-order valence-electron chi connectivity index (χ0n) is 13.1. The quantitative estimate of drug-likeness (QED) is 0.717. The van der Waals surface area contributed by atoms with E-state index < -0.39 is 0 Å². The molecule has 0 bridgehead atoms. The van der Waals surface area contributed by atoms with Crippen LogP contribution >= 0.6 is 23.1 Å². The Morgan fingerprint density at radius 1 is 1.04 bits per heavy atom. The summed E-state index contributed by atoms with van der Waals surface area (Å²) in [5, 5.41) is 6.73. The molecule has 4 nitrogen and oxygen atoms in total. The van der Waals surface area contributed by atoms with Gasteiger partial charge < -0.3 is 4.90 Å². The second-order valence-electron chi connectivity index (χ2n) is 5.55. The molecule has 0 unspecified atom stereocenters. The van der Waals surface area contributed by atoms with Gasteiger partial charge in [0.2, 0.25) is 0 Å². The van der Waals surface area contributed by atoms with Crippen LogP contribution in [0.1, 0.15) is 10.4 Å². The van der Waals surface area contributed by atoms with Crippen molar-refractivity contribution < 1.29 is 4.79 Å². The van der Waals surface area contributed by atoms with Crippen molar-refractivity contribution in [1.82, 2.24) is 14.7 Å². The van der Waals surface area contributed by atoms with Gasteiger partial charge >= 0.3 is 0 Å². The molecule has 1 amide bonds. The Kier molecular flexibility index (Phi) is 4.40. The summed E-state index contributed by atoms with van der Waals surface area (Å²) in [6.45, 7) is 1.62. The van der Waals surface area contributed by atoms with Gasteiger partial charge in [-0.1, -0.05) is 24.3 Å². The predicted octanol–water partition coefficient (Wildman–Crippen LogP) is 3.79. The van der Waals surface area contributed by atoms with Crippen molar-refractivity contribution in [1.29, 1.82) is 0 Å². The molecule has 1 fully saturated rings. The van der Waals surface area contributed by atoms with Crippen molar-refractivity contribution >= 4 is 29.0 Å². The van der Waals surface area contributed by atoms with Gasteiger partial charge in [0.15, 0.2) is 0 Å². The molecular weight excluding hydrogens is 338 g/mol. The molecule has 1 aliphatic rings. The molecule has 2 aromatic heterocycles. The smallest absolute Gasteiger partial charge is 0.257 e. The van der Waals surface area contributed by atoms with Crippen LogP contribution < -0.4 is 0 Å². The highest BCUT2D eigenvalue weighted by Crippen LogP contribution is 2.29. The Bertz CT molecular complexity index is 821. The number of hydrogen-bond acceptors (Lipinski definition) is 4. The fraction of sp³-hybridized carbons (Fsp3) is 0.222. The first-order valence-electron chi connectivity index (χ1n) is 7.89. The molecule has 0 aliphatic carbocycles. The number of nitrogens with zero attached hydrogens (tertiary/aromatic N) is 3. The molecular formula is C18H17N3OS2. The summed E-state index contributed by atoms with van der Waals surface area (Å²) in [6.07, 6.45) is 1.87. The monoisotopic (exact) mass is 355 g/mol. The summed E-state index contributed by atoms with van der Waals surface area (Å²) in [5.74, 6) is 2.10. The molecule has 0 atom stereocenters. The Morgan fingerprint density at radius 2 is 1.83 bits per heavy atom. The maximum Gasteiger partial charge on any atom is 0.257 e.